The highest BCUT2D eigenvalue weighted by Crippen LogP contribution is 2.20. The summed E-state index contributed by atoms with van der Waals surface area (Å²) in [6.45, 7) is 0.589. The molecule has 0 bridgehead atoms. The standard InChI is InChI=1S/C9H13N3O2/c1-11-4-9(14)12-5-7(6-13)2-8(12)3-10/h6-8,11H,2,4-5H2,1H3. The number of likely N-dealkylation sites (N-methyl/N-ethyl adjacent to an activating group) is 1. The van der Waals surface area contributed by atoms with Crippen molar-refractivity contribution in [3.05, 3.63) is 0 Å². The van der Waals surface area contributed by atoms with E-state index in [0.29, 0.717) is 13.0 Å². The molecule has 1 amide bonds. The van der Waals surface area contributed by atoms with E-state index in [1.165, 1.54) is 4.90 Å². The van der Waals surface area contributed by atoms with Gasteiger partial charge in [0, 0.05) is 12.5 Å². The van der Waals surface area contributed by atoms with E-state index >= 15 is 0 Å². The maximum atomic E-state index is 11.5. The second kappa shape index (κ2) is 4.72. The van der Waals surface area contributed by atoms with Gasteiger partial charge in [0.2, 0.25) is 5.91 Å². The van der Waals surface area contributed by atoms with Crippen LogP contribution < -0.4 is 5.32 Å². The van der Waals surface area contributed by atoms with Crippen LogP contribution in [0.25, 0.3) is 0 Å². The second-order valence-corrected chi connectivity index (χ2v) is 3.35. The molecule has 0 aromatic rings. The quantitative estimate of drug-likeness (QED) is 0.595. The fourth-order valence-electron chi connectivity index (χ4n) is 1.62. The lowest BCUT2D eigenvalue weighted by Gasteiger charge is -2.18. The number of hydrogen-bond acceptors (Lipinski definition) is 4. The average molecular weight is 195 g/mol. The molecule has 2 unspecified atom stereocenters. The van der Waals surface area contributed by atoms with E-state index in [0.717, 1.165) is 6.29 Å². The van der Waals surface area contributed by atoms with Crippen molar-refractivity contribution in [3.8, 4) is 6.07 Å². The van der Waals surface area contributed by atoms with E-state index in [2.05, 4.69) is 5.32 Å². The van der Waals surface area contributed by atoms with Crippen LogP contribution in [-0.2, 0) is 9.59 Å². The molecule has 76 valence electrons. The SMILES string of the molecule is CNCC(=O)N1CC(C=O)CC1C#N. The summed E-state index contributed by atoms with van der Waals surface area (Å²) in [5, 5.41) is 11.5. The van der Waals surface area contributed by atoms with Crippen LogP contribution in [0.15, 0.2) is 0 Å². The van der Waals surface area contributed by atoms with Gasteiger partial charge >= 0.3 is 0 Å². The van der Waals surface area contributed by atoms with Crippen LogP contribution in [-0.4, -0.2) is 43.3 Å². The van der Waals surface area contributed by atoms with Gasteiger partial charge in [0.25, 0.3) is 0 Å². The lowest BCUT2D eigenvalue weighted by molar-refractivity contribution is -0.130. The molecule has 1 heterocycles. The van der Waals surface area contributed by atoms with Crippen LogP contribution in [0.3, 0.4) is 0 Å². The van der Waals surface area contributed by atoms with Crippen molar-refractivity contribution >= 4 is 12.2 Å². The molecule has 0 spiro atoms. The monoisotopic (exact) mass is 195 g/mol. The fourth-order valence-corrected chi connectivity index (χ4v) is 1.62. The number of likely N-dealkylation sites (tertiary alicyclic amines) is 1. The topological polar surface area (TPSA) is 73.2 Å². The molecule has 1 rings (SSSR count). The first-order valence-electron chi connectivity index (χ1n) is 4.52. The van der Waals surface area contributed by atoms with Crippen molar-refractivity contribution < 1.29 is 9.59 Å². The summed E-state index contributed by atoms with van der Waals surface area (Å²) in [5.74, 6) is -0.302. The van der Waals surface area contributed by atoms with Crippen molar-refractivity contribution in [2.45, 2.75) is 12.5 Å². The number of carbonyl (C=O) groups excluding carboxylic acids is 2. The number of nitrogens with zero attached hydrogens (tertiary/aromatic N) is 2. The Morgan fingerprint density at radius 1 is 1.79 bits per heavy atom. The predicted octanol–water partition coefficient (Wildman–Crippen LogP) is -0.855. The third-order valence-corrected chi connectivity index (χ3v) is 2.32. The minimum Gasteiger partial charge on any atom is -0.325 e. The van der Waals surface area contributed by atoms with Gasteiger partial charge in [-0.1, -0.05) is 0 Å². The first-order chi connectivity index (χ1) is 6.72. The third-order valence-electron chi connectivity index (χ3n) is 2.32. The number of hydrogen-bond donors (Lipinski definition) is 1. The Bertz CT molecular complexity index is 272. The van der Waals surface area contributed by atoms with E-state index in [1.807, 2.05) is 6.07 Å². The number of amides is 1. The normalized spacial score (nSPS) is 25.9. The molecule has 1 saturated heterocycles. The molecule has 1 N–H and O–H groups in total. The Hall–Kier alpha value is -1.41. The van der Waals surface area contributed by atoms with Crippen molar-refractivity contribution in [2.24, 2.45) is 5.92 Å². The molecule has 0 saturated carbocycles. The predicted molar refractivity (Wildman–Crippen MR) is 49.2 cm³/mol. The van der Waals surface area contributed by atoms with E-state index < -0.39 is 6.04 Å². The maximum Gasteiger partial charge on any atom is 0.237 e. The Morgan fingerprint density at radius 3 is 3.00 bits per heavy atom. The first-order valence-corrected chi connectivity index (χ1v) is 4.52. The molecule has 14 heavy (non-hydrogen) atoms. The number of carbonyl (C=O) groups is 2. The average Bonchev–Trinajstić information content (AvgIpc) is 2.61. The summed E-state index contributed by atoms with van der Waals surface area (Å²) in [6.07, 6.45) is 1.28. The van der Waals surface area contributed by atoms with Gasteiger partial charge in [0.1, 0.15) is 12.3 Å². The van der Waals surface area contributed by atoms with Gasteiger partial charge in [-0.05, 0) is 13.5 Å². The number of nitriles is 1. The van der Waals surface area contributed by atoms with Crippen molar-refractivity contribution in [1.82, 2.24) is 10.2 Å². The Balaban J connectivity index is 2.64. The maximum absolute atomic E-state index is 11.5. The van der Waals surface area contributed by atoms with Gasteiger partial charge in [-0.25, -0.2) is 0 Å². The van der Waals surface area contributed by atoms with Crippen LogP contribution in [0.5, 0.6) is 0 Å². The molecule has 1 fully saturated rings. The zero-order valence-electron chi connectivity index (χ0n) is 8.06. The van der Waals surface area contributed by atoms with Crippen molar-refractivity contribution in [2.75, 3.05) is 20.1 Å². The summed E-state index contributed by atoms with van der Waals surface area (Å²) in [5.41, 5.74) is 0. The van der Waals surface area contributed by atoms with Gasteiger partial charge in [-0.2, -0.15) is 5.26 Å². The van der Waals surface area contributed by atoms with E-state index in [1.54, 1.807) is 7.05 Å². The summed E-state index contributed by atoms with van der Waals surface area (Å²) in [7, 11) is 1.67. The molecule has 0 aromatic heterocycles. The van der Waals surface area contributed by atoms with E-state index in [9.17, 15) is 9.59 Å². The van der Waals surface area contributed by atoms with E-state index in [4.69, 9.17) is 5.26 Å². The molecular formula is C9H13N3O2. The highest BCUT2D eigenvalue weighted by molar-refractivity contribution is 5.80. The molecule has 2 atom stereocenters. The van der Waals surface area contributed by atoms with Gasteiger partial charge in [-0.3, -0.25) is 4.79 Å². The smallest absolute Gasteiger partial charge is 0.237 e. The second-order valence-electron chi connectivity index (χ2n) is 3.35. The Labute approximate surface area is 82.7 Å². The summed E-state index contributed by atoms with van der Waals surface area (Å²) < 4.78 is 0. The summed E-state index contributed by atoms with van der Waals surface area (Å²) in [4.78, 5) is 23.5. The minimum absolute atomic E-state index is 0.122. The molecule has 0 aliphatic carbocycles. The zero-order chi connectivity index (χ0) is 10.6. The Morgan fingerprint density at radius 2 is 2.50 bits per heavy atom. The third kappa shape index (κ3) is 2.09. The lowest BCUT2D eigenvalue weighted by atomic mass is 10.1. The van der Waals surface area contributed by atoms with Crippen LogP contribution in [0.4, 0.5) is 0 Å². The lowest BCUT2D eigenvalue weighted by Crippen LogP contribution is -2.40. The fraction of sp³-hybridized carbons (Fsp3) is 0.667. The molecule has 5 heteroatoms. The van der Waals surface area contributed by atoms with Gasteiger partial charge < -0.3 is 15.0 Å². The largest absolute Gasteiger partial charge is 0.325 e. The van der Waals surface area contributed by atoms with Gasteiger partial charge in [0.15, 0.2) is 0 Å². The minimum atomic E-state index is -0.439. The highest BCUT2D eigenvalue weighted by Gasteiger charge is 2.34. The van der Waals surface area contributed by atoms with E-state index in [-0.39, 0.29) is 18.4 Å². The zero-order valence-corrected chi connectivity index (χ0v) is 8.06. The van der Waals surface area contributed by atoms with Crippen LogP contribution >= 0.6 is 0 Å². The van der Waals surface area contributed by atoms with Crippen LogP contribution in [0.2, 0.25) is 0 Å². The van der Waals surface area contributed by atoms with Crippen molar-refractivity contribution in [3.63, 3.8) is 0 Å². The molecule has 1 aliphatic heterocycles. The van der Waals surface area contributed by atoms with Crippen LogP contribution in [0.1, 0.15) is 6.42 Å². The molecule has 5 nitrogen and oxygen atoms in total. The molecule has 0 aromatic carbocycles. The summed E-state index contributed by atoms with van der Waals surface area (Å²) in [6, 6.07) is 1.60. The number of nitrogens with one attached hydrogen (secondary N) is 1. The first kappa shape index (κ1) is 10.7. The van der Waals surface area contributed by atoms with Crippen molar-refractivity contribution in [1.29, 1.82) is 5.26 Å². The highest BCUT2D eigenvalue weighted by atomic mass is 16.2. The van der Waals surface area contributed by atoms with Crippen LogP contribution in [0, 0.1) is 17.2 Å². The molecular weight excluding hydrogens is 182 g/mol. The molecule has 1 aliphatic rings. The molecule has 0 radical (unpaired) electrons. The summed E-state index contributed by atoms with van der Waals surface area (Å²) >= 11 is 0. The van der Waals surface area contributed by atoms with Gasteiger partial charge in [0.05, 0.1) is 12.6 Å². The van der Waals surface area contributed by atoms with Gasteiger partial charge in [-0.15, -0.1) is 0 Å². The number of aldehydes is 1. The Kier molecular flexibility index (Phi) is 3.60. The number of rotatable bonds is 3.